The normalized spacial score (nSPS) is 21.5. The van der Waals surface area contributed by atoms with Crippen LogP contribution >= 0.6 is 0 Å². The first-order valence-corrected chi connectivity index (χ1v) is 7.08. The largest absolute Gasteiger partial charge is 0.379 e. The minimum Gasteiger partial charge on any atom is -0.379 e. The molecule has 0 aliphatic carbocycles. The number of carbonyl (C=O) groups excluding carboxylic acids is 1. The average Bonchev–Trinajstić information content (AvgIpc) is 2.54. The fraction of sp³-hybridized carbons (Fsp3) is 0.900. The van der Waals surface area contributed by atoms with Gasteiger partial charge in [0, 0.05) is 26.1 Å². The zero-order chi connectivity index (χ0) is 13.1. The molecule has 1 fully saturated rings. The summed E-state index contributed by atoms with van der Waals surface area (Å²) >= 11 is 0. The molecule has 1 rings (SSSR count). The molecule has 5 nitrogen and oxygen atoms in total. The van der Waals surface area contributed by atoms with Gasteiger partial charge in [-0.15, -0.1) is 3.89 Å². The summed E-state index contributed by atoms with van der Waals surface area (Å²) in [7, 11) is -4.61. The van der Waals surface area contributed by atoms with E-state index < -0.39 is 15.5 Å². The van der Waals surface area contributed by atoms with Gasteiger partial charge in [-0.2, -0.15) is 8.42 Å². The summed E-state index contributed by atoms with van der Waals surface area (Å²) in [5.41, 5.74) is 0. The zero-order valence-electron chi connectivity index (χ0n) is 10.1. The van der Waals surface area contributed by atoms with Crippen molar-refractivity contribution < 1.29 is 21.8 Å². The molecule has 1 aliphatic rings. The molecule has 1 unspecified atom stereocenters. The molecule has 1 heterocycles. The van der Waals surface area contributed by atoms with Crippen molar-refractivity contribution >= 4 is 16.1 Å². The molecular formula is C10H18FNO4S. The maximum absolute atomic E-state index is 12.7. The smallest absolute Gasteiger partial charge is 0.307 e. The number of carbonyl (C=O) groups is 1. The second-order valence-electron chi connectivity index (χ2n) is 4.41. The van der Waals surface area contributed by atoms with Gasteiger partial charge >= 0.3 is 10.2 Å². The zero-order valence-corrected chi connectivity index (χ0v) is 10.9. The van der Waals surface area contributed by atoms with Gasteiger partial charge in [0.25, 0.3) is 0 Å². The van der Waals surface area contributed by atoms with Gasteiger partial charge in [0.05, 0.1) is 6.10 Å². The van der Waals surface area contributed by atoms with Gasteiger partial charge in [0.1, 0.15) is 5.25 Å². The molecule has 0 spiro atoms. The third-order valence-electron chi connectivity index (χ3n) is 2.60. The Bertz CT molecular complexity index is 369. The number of hydrogen-bond donors (Lipinski definition) is 0. The van der Waals surface area contributed by atoms with Crippen LogP contribution in [0.2, 0.25) is 0 Å². The Morgan fingerprint density at radius 2 is 2.18 bits per heavy atom. The first-order chi connectivity index (χ1) is 7.80. The fourth-order valence-corrected chi connectivity index (χ4v) is 2.41. The summed E-state index contributed by atoms with van der Waals surface area (Å²) in [5, 5.41) is -1.19. The summed E-state index contributed by atoms with van der Waals surface area (Å²) in [6.45, 7) is 4.70. The van der Waals surface area contributed by atoms with Gasteiger partial charge in [-0.25, -0.2) is 0 Å². The van der Waals surface area contributed by atoms with E-state index in [9.17, 15) is 17.1 Å². The minimum absolute atomic E-state index is 0.0423. The molecule has 17 heavy (non-hydrogen) atoms. The van der Waals surface area contributed by atoms with E-state index in [-0.39, 0.29) is 25.0 Å². The van der Waals surface area contributed by atoms with Gasteiger partial charge in [0.15, 0.2) is 0 Å². The van der Waals surface area contributed by atoms with Crippen molar-refractivity contribution in [2.45, 2.75) is 38.0 Å². The number of nitrogens with zero attached hydrogens (tertiary/aromatic N) is 1. The van der Waals surface area contributed by atoms with Gasteiger partial charge in [-0.05, 0) is 20.3 Å². The van der Waals surface area contributed by atoms with Crippen molar-refractivity contribution in [3.63, 3.8) is 0 Å². The van der Waals surface area contributed by atoms with Crippen LogP contribution < -0.4 is 0 Å². The van der Waals surface area contributed by atoms with Crippen molar-refractivity contribution in [1.82, 2.24) is 4.90 Å². The number of hydrogen-bond acceptors (Lipinski definition) is 4. The highest BCUT2D eigenvalue weighted by Gasteiger charge is 2.37. The number of halogens is 1. The second-order valence-corrected chi connectivity index (χ2v) is 6.03. The molecule has 100 valence electrons. The van der Waals surface area contributed by atoms with Crippen LogP contribution in [-0.2, 0) is 19.8 Å². The summed E-state index contributed by atoms with van der Waals surface area (Å²) < 4.78 is 39.4. The van der Waals surface area contributed by atoms with Gasteiger partial charge in [-0.3, -0.25) is 4.79 Å². The molecule has 0 saturated carbocycles. The first kappa shape index (κ1) is 14.4. The molecule has 1 atom stereocenters. The number of amides is 1. The lowest BCUT2D eigenvalue weighted by Crippen LogP contribution is -2.29. The summed E-state index contributed by atoms with van der Waals surface area (Å²) in [6, 6.07) is 0. The van der Waals surface area contributed by atoms with Gasteiger partial charge < -0.3 is 9.64 Å². The Morgan fingerprint density at radius 1 is 1.53 bits per heavy atom. The summed E-state index contributed by atoms with van der Waals surface area (Å²) in [5.74, 6) is -0.305. The van der Waals surface area contributed by atoms with Crippen molar-refractivity contribution in [3.05, 3.63) is 0 Å². The Balaban J connectivity index is 2.34. The number of rotatable bonds is 6. The summed E-state index contributed by atoms with van der Waals surface area (Å²) in [6.07, 6.45) is 0.510. The molecular weight excluding hydrogens is 249 g/mol. The van der Waals surface area contributed by atoms with Crippen molar-refractivity contribution in [3.8, 4) is 0 Å². The van der Waals surface area contributed by atoms with Gasteiger partial charge in [-0.1, -0.05) is 0 Å². The van der Waals surface area contributed by atoms with Crippen molar-refractivity contribution in [2.24, 2.45) is 0 Å². The SMILES string of the molecule is CC(C)OCCCN1CC(S(=O)(=O)F)CC1=O. The fourth-order valence-electron chi connectivity index (χ4n) is 1.72. The Morgan fingerprint density at radius 3 is 2.65 bits per heavy atom. The van der Waals surface area contributed by atoms with E-state index in [1.54, 1.807) is 0 Å². The van der Waals surface area contributed by atoms with Crippen LogP contribution in [0.4, 0.5) is 3.89 Å². The Labute approximate surface area is 101 Å². The maximum Gasteiger partial charge on any atom is 0.307 e. The van der Waals surface area contributed by atoms with Crippen LogP contribution in [0.25, 0.3) is 0 Å². The Kier molecular flexibility index (Phi) is 4.88. The van der Waals surface area contributed by atoms with E-state index >= 15 is 0 Å². The van der Waals surface area contributed by atoms with Crippen LogP contribution in [0.1, 0.15) is 26.7 Å². The van der Waals surface area contributed by atoms with Crippen molar-refractivity contribution in [2.75, 3.05) is 19.7 Å². The highest BCUT2D eigenvalue weighted by atomic mass is 32.3. The molecule has 7 heteroatoms. The predicted molar refractivity (Wildman–Crippen MR) is 60.7 cm³/mol. The first-order valence-electron chi connectivity index (χ1n) is 5.63. The van der Waals surface area contributed by atoms with Crippen LogP contribution in [0.5, 0.6) is 0 Å². The lowest BCUT2D eigenvalue weighted by Gasteiger charge is -2.16. The maximum atomic E-state index is 12.7. The van der Waals surface area contributed by atoms with E-state index in [0.29, 0.717) is 19.6 Å². The molecule has 1 saturated heterocycles. The summed E-state index contributed by atoms with van der Waals surface area (Å²) in [4.78, 5) is 12.8. The quantitative estimate of drug-likeness (QED) is 0.525. The number of likely N-dealkylation sites (tertiary alicyclic amines) is 1. The molecule has 0 aromatic heterocycles. The molecule has 0 bridgehead atoms. The van der Waals surface area contributed by atoms with E-state index in [0.717, 1.165) is 0 Å². The lowest BCUT2D eigenvalue weighted by atomic mass is 10.4. The number of ether oxygens (including phenoxy) is 1. The van der Waals surface area contributed by atoms with E-state index in [1.165, 1.54) is 4.90 Å². The highest BCUT2D eigenvalue weighted by molar-refractivity contribution is 7.87. The highest BCUT2D eigenvalue weighted by Crippen LogP contribution is 2.19. The minimum atomic E-state index is -4.61. The predicted octanol–water partition coefficient (Wildman–Crippen LogP) is 0.702. The third-order valence-corrected chi connectivity index (χ3v) is 3.71. The van der Waals surface area contributed by atoms with E-state index in [4.69, 9.17) is 4.74 Å². The molecule has 1 amide bonds. The van der Waals surface area contributed by atoms with Crippen LogP contribution in [-0.4, -0.2) is 50.3 Å². The van der Waals surface area contributed by atoms with E-state index in [2.05, 4.69) is 0 Å². The van der Waals surface area contributed by atoms with Crippen LogP contribution in [0.15, 0.2) is 0 Å². The van der Waals surface area contributed by atoms with Crippen molar-refractivity contribution in [1.29, 1.82) is 0 Å². The van der Waals surface area contributed by atoms with Crippen LogP contribution in [0, 0.1) is 0 Å². The molecule has 0 aromatic carbocycles. The molecule has 0 aromatic rings. The topological polar surface area (TPSA) is 63.7 Å². The van der Waals surface area contributed by atoms with Crippen LogP contribution in [0.3, 0.4) is 0 Å². The second kappa shape index (κ2) is 5.77. The standard InChI is InChI=1S/C10H18FNO4S/c1-8(2)16-5-3-4-12-7-9(6-10(12)13)17(11,14)15/h8-9H,3-7H2,1-2H3. The average molecular weight is 267 g/mol. The molecule has 0 radical (unpaired) electrons. The Hall–Kier alpha value is -0.690. The van der Waals surface area contributed by atoms with E-state index in [1.807, 2.05) is 13.8 Å². The van der Waals surface area contributed by atoms with Gasteiger partial charge in [0.2, 0.25) is 5.91 Å². The lowest BCUT2D eigenvalue weighted by molar-refractivity contribution is -0.127. The third kappa shape index (κ3) is 4.59. The molecule has 0 N–H and O–H groups in total. The molecule has 1 aliphatic heterocycles. The monoisotopic (exact) mass is 267 g/mol.